The van der Waals surface area contributed by atoms with Gasteiger partial charge in [-0.25, -0.2) is 0 Å². The standard InChI is InChI=1S/C45H57N2O3P/c1-43(2,3)34-24-31(41(48)33(26-34)30-51(50,36-18-12-10-13-19-36)37-20-14-11-15-21-37)28-46-39-22-16-17-23-40(39)47-29-32-25-35(44(4,5)6)27-38(42(32)49)45(7,8)9/h10-15,18-21,24-29,39-40,48-49H,16-17,22-23,30H2,1-9H3/t39-,40-/m1/s1. The monoisotopic (exact) mass is 704 g/mol. The lowest BCUT2D eigenvalue weighted by Gasteiger charge is -2.28. The Morgan fingerprint density at radius 2 is 1.06 bits per heavy atom. The molecule has 1 aliphatic rings. The molecule has 4 aromatic rings. The molecular weight excluding hydrogens is 647 g/mol. The van der Waals surface area contributed by atoms with Gasteiger partial charge >= 0.3 is 0 Å². The second kappa shape index (κ2) is 15.0. The van der Waals surface area contributed by atoms with Crippen molar-refractivity contribution in [3.05, 3.63) is 118 Å². The highest BCUT2D eigenvalue weighted by molar-refractivity contribution is 7.78. The molecule has 5 nitrogen and oxygen atoms in total. The van der Waals surface area contributed by atoms with Crippen LogP contribution in [0.5, 0.6) is 11.5 Å². The van der Waals surface area contributed by atoms with Crippen LogP contribution in [0.4, 0.5) is 0 Å². The fraction of sp³-hybridized carbons (Fsp3) is 0.422. The van der Waals surface area contributed by atoms with E-state index in [9.17, 15) is 10.2 Å². The maximum atomic E-state index is 15.0. The zero-order chi connectivity index (χ0) is 37.2. The normalized spacial score (nSPS) is 17.7. The third kappa shape index (κ3) is 8.93. The van der Waals surface area contributed by atoms with Crippen LogP contribution in [-0.4, -0.2) is 34.7 Å². The lowest BCUT2D eigenvalue weighted by Crippen LogP contribution is -2.27. The zero-order valence-electron chi connectivity index (χ0n) is 32.1. The van der Waals surface area contributed by atoms with E-state index in [0.717, 1.165) is 53.0 Å². The number of phenols is 2. The summed E-state index contributed by atoms with van der Waals surface area (Å²) in [6, 6.07) is 27.4. The molecule has 0 amide bonds. The van der Waals surface area contributed by atoms with Crippen molar-refractivity contribution < 1.29 is 14.8 Å². The van der Waals surface area contributed by atoms with E-state index in [1.165, 1.54) is 5.56 Å². The van der Waals surface area contributed by atoms with E-state index in [1.807, 2.05) is 79.0 Å². The minimum atomic E-state index is -3.14. The van der Waals surface area contributed by atoms with Gasteiger partial charge in [0, 0.05) is 51.5 Å². The van der Waals surface area contributed by atoms with Gasteiger partial charge in [0.1, 0.15) is 18.6 Å². The minimum Gasteiger partial charge on any atom is -0.507 e. The predicted octanol–water partition coefficient (Wildman–Crippen LogP) is 10.4. The average molecular weight is 705 g/mol. The first-order chi connectivity index (χ1) is 23.9. The molecule has 2 N–H and O–H groups in total. The van der Waals surface area contributed by atoms with Gasteiger partial charge < -0.3 is 14.8 Å². The molecule has 0 aliphatic heterocycles. The van der Waals surface area contributed by atoms with Crippen molar-refractivity contribution in [1.29, 1.82) is 0 Å². The molecular formula is C45H57N2O3P. The van der Waals surface area contributed by atoms with E-state index in [0.29, 0.717) is 11.1 Å². The number of hydrogen-bond donors (Lipinski definition) is 2. The summed E-state index contributed by atoms with van der Waals surface area (Å²) < 4.78 is 15.0. The van der Waals surface area contributed by atoms with E-state index in [4.69, 9.17) is 9.98 Å². The Morgan fingerprint density at radius 3 is 1.49 bits per heavy atom. The quantitative estimate of drug-likeness (QED) is 0.142. The Labute approximate surface area is 306 Å². The Hall–Kier alpha value is -3.95. The Bertz CT molecular complexity index is 1880. The maximum Gasteiger partial charge on any atom is 0.147 e. The highest BCUT2D eigenvalue weighted by Gasteiger charge is 2.31. The fourth-order valence-electron chi connectivity index (χ4n) is 6.83. The van der Waals surface area contributed by atoms with E-state index in [1.54, 1.807) is 6.21 Å². The molecule has 1 aliphatic carbocycles. The molecule has 0 aromatic heterocycles. The van der Waals surface area contributed by atoms with Gasteiger partial charge in [0.2, 0.25) is 0 Å². The second-order valence-electron chi connectivity index (χ2n) is 17.3. The third-order valence-corrected chi connectivity index (χ3v) is 13.2. The van der Waals surface area contributed by atoms with Crippen LogP contribution in [-0.2, 0) is 27.0 Å². The summed E-state index contributed by atoms with van der Waals surface area (Å²) in [5, 5.41) is 24.7. The molecule has 5 rings (SSSR count). The summed E-state index contributed by atoms with van der Waals surface area (Å²) in [5.74, 6) is 0.406. The molecule has 1 saturated carbocycles. The van der Waals surface area contributed by atoms with Gasteiger partial charge in [0.15, 0.2) is 0 Å². The zero-order valence-corrected chi connectivity index (χ0v) is 33.0. The van der Waals surface area contributed by atoms with Gasteiger partial charge in [-0.15, -0.1) is 0 Å². The fourth-order valence-corrected chi connectivity index (χ4v) is 9.52. The Balaban J connectivity index is 1.52. The van der Waals surface area contributed by atoms with Crippen molar-refractivity contribution >= 4 is 30.2 Å². The van der Waals surface area contributed by atoms with Crippen LogP contribution in [0.3, 0.4) is 0 Å². The summed E-state index contributed by atoms with van der Waals surface area (Å²) >= 11 is 0. The van der Waals surface area contributed by atoms with Gasteiger partial charge in [-0.3, -0.25) is 9.98 Å². The van der Waals surface area contributed by atoms with E-state index < -0.39 is 7.14 Å². The van der Waals surface area contributed by atoms with Gasteiger partial charge in [-0.2, -0.15) is 0 Å². The van der Waals surface area contributed by atoms with Crippen LogP contribution in [0.25, 0.3) is 0 Å². The minimum absolute atomic E-state index is 0.0467. The second-order valence-corrected chi connectivity index (χ2v) is 20.2. The number of phenolic OH excluding ortho intramolecular Hbond substituents is 2. The number of benzene rings is 4. The van der Waals surface area contributed by atoms with Crippen LogP contribution in [0.1, 0.15) is 121 Å². The highest BCUT2D eigenvalue weighted by atomic mass is 31.2. The van der Waals surface area contributed by atoms with E-state index in [2.05, 4.69) is 74.4 Å². The molecule has 6 heteroatoms. The van der Waals surface area contributed by atoms with Crippen molar-refractivity contribution in [1.82, 2.24) is 0 Å². The van der Waals surface area contributed by atoms with Gasteiger partial charge in [-0.05, 0) is 52.3 Å². The van der Waals surface area contributed by atoms with Gasteiger partial charge in [-0.1, -0.05) is 148 Å². The van der Waals surface area contributed by atoms with Crippen LogP contribution < -0.4 is 10.6 Å². The number of nitrogens with zero attached hydrogens (tertiary/aromatic N) is 2. The lowest BCUT2D eigenvalue weighted by molar-refractivity contribution is 0.390. The predicted molar refractivity (Wildman–Crippen MR) is 217 cm³/mol. The molecule has 0 radical (unpaired) electrons. The van der Waals surface area contributed by atoms with Crippen molar-refractivity contribution in [3.63, 3.8) is 0 Å². The first-order valence-corrected chi connectivity index (χ1v) is 20.3. The summed E-state index contributed by atoms with van der Waals surface area (Å²) in [6.45, 7) is 19.4. The number of aromatic hydroxyl groups is 2. The average Bonchev–Trinajstić information content (AvgIpc) is 3.07. The summed E-state index contributed by atoms with van der Waals surface area (Å²) in [6.07, 6.45) is 7.77. The van der Waals surface area contributed by atoms with Gasteiger partial charge in [0.25, 0.3) is 0 Å². The maximum absolute atomic E-state index is 15.0. The van der Waals surface area contributed by atoms with Crippen LogP contribution in [0, 0.1) is 0 Å². The van der Waals surface area contributed by atoms with Crippen LogP contribution >= 0.6 is 7.14 Å². The lowest BCUT2D eigenvalue weighted by atomic mass is 9.79. The molecule has 4 aromatic carbocycles. The molecule has 0 unspecified atom stereocenters. The summed E-state index contributed by atoms with van der Waals surface area (Å²) in [7, 11) is -3.14. The molecule has 0 bridgehead atoms. The van der Waals surface area contributed by atoms with Crippen molar-refractivity contribution in [2.24, 2.45) is 9.98 Å². The SMILES string of the molecule is CC(C)(C)c1cc(C=N[C@@H]2CCCC[C@H]2N=Cc2cc(C(C)(C)C)cc(C(C)(C)C)c2O)c(O)c(CP(=O)(c2ccccc2)c2ccccc2)c1. The molecule has 51 heavy (non-hydrogen) atoms. The molecule has 2 atom stereocenters. The summed E-state index contributed by atoms with van der Waals surface area (Å²) in [5.41, 5.74) is 4.65. The Morgan fingerprint density at radius 1 is 0.627 bits per heavy atom. The number of aliphatic imine (C=N–C) groups is 2. The largest absolute Gasteiger partial charge is 0.507 e. The number of rotatable bonds is 8. The first-order valence-electron chi connectivity index (χ1n) is 18.4. The van der Waals surface area contributed by atoms with E-state index in [-0.39, 0.29) is 46.0 Å². The van der Waals surface area contributed by atoms with Crippen molar-refractivity contribution in [3.8, 4) is 11.5 Å². The highest BCUT2D eigenvalue weighted by Crippen LogP contribution is 2.49. The van der Waals surface area contributed by atoms with E-state index >= 15 is 4.57 Å². The topological polar surface area (TPSA) is 82.2 Å². The van der Waals surface area contributed by atoms with Crippen molar-refractivity contribution in [2.45, 2.75) is 122 Å². The molecule has 0 spiro atoms. The molecule has 270 valence electrons. The van der Waals surface area contributed by atoms with Gasteiger partial charge in [0.05, 0.1) is 12.1 Å². The van der Waals surface area contributed by atoms with Crippen LogP contribution in [0.2, 0.25) is 0 Å². The molecule has 1 fully saturated rings. The Kier molecular flexibility index (Phi) is 11.2. The first kappa shape index (κ1) is 38.3. The molecule has 0 heterocycles. The third-order valence-electron chi connectivity index (χ3n) is 10.1. The molecule has 0 saturated heterocycles. The number of hydrogen-bond acceptors (Lipinski definition) is 5. The van der Waals surface area contributed by atoms with Crippen molar-refractivity contribution in [2.75, 3.05) is 0 Å². The van der Waals surface area contributed by atoms with Crippen LogP contribution in [0.15, 0.2) is 94.9 Å². The smallest absolute Gasteiger partial charge is 0.147 e. The summed E-state index contributed by atoms with van der Waals surface area (Å²) in [4.78, 5) is 10.2.